The molecular formula is C32H26F2N2O5. The van der Waals surface area contributed by atoms with Gasteiger partial charge in [-0.25, -0.2) is 9.78 Å². The van der Waals surface area contributed by atoms with Gasteiger partial charge in [0.25, 0.3) is 11.8 Å². The van der Waals surface area contributed by atoms with Gasteiger partial charge < -0.3 is 9.47 Å². The van der Waals surface area contributed by atoms with Crippen molar-refractivity contribution < 1.29 is 32.6 Å². The Morgan fingerprint density at radius 2 is 1.68 bits per heavy atom. The number of ether oxygens (including phenoxy) is 2. The van der Waals surface area contributed by atoms with Crippen LogP contribution in [0.3, 0.4) is 0 Å². The molecule has 1 N–H and O–H groups in total. The second-order valence-electron chi connectivity index (χ2n) is 9.78. The molecule has 3 aromatic carbocycles. The van der Waals surface area contributed by atoms with Crippen LogP contribution in [0.5, 0.6) is 5.75 Å². The van der Waals surface area contributed by atoms with E-state index in [1.807, 2.05) is 48.5 Å². The van der Waals surface area contributed by atoms with Crippen molar-refractivity contribution >= 4 is 40.3 Å². The number of imide groups is 1. The molecule has 1 aliphatic rings. The van der Waals surface area contributed by atoms with E-state index in [-0.39, 0.29) is 17.2 Å². The highest BCUT2D eigenvalue weighted by atomic mass is 19.3. The Morgan fingerprint density at radius 1 is 0.976 bits per heavy atom. The van der Waals surface area contributed by atoms with Crippen molar-refractivity contribution in [2.45, 2.75) is 26.4 Å². The smallest absolute Gasteiger partial charge is 0.387 e. The third-order valence-corrected chi connectivity index (χ3v) is 6.69. The maximum Gasteiger partial charge on any atom is 0.387 e. The van der Waals surface area contributed by atoms with Crippen LogP contribution in [0.4, 0.5) is 8.78 Å². The molecule has 41 heavy (non-hydrogen) atoms. The molecule has 0 saturated carbocycles. The fourth-order valence-electron chi connectivity index (χ4n) is 4.95. The summed E-state index contributed by atoms with van der Waals surface area (Å²) in [7, 11) is 0. The molecule has 0 spiro atoms. The number of benzene rings is 3. The lowest BCUT2D eigenvalue weighted by Gasteiger charge is -2.26. The molecule has 4 aromatic rings. The van der Waals surface area contributed by atoms with Crippen LogP contribution in [0.15, 0.2) is 78.9 Å². The Hall–Kier alpha value is -4.92. The number of fused-ring (bicyclic) bond motifs is 2. The van der Waals surface area contributed by atoms with Crippen LogP contribution in [0.25, 0.3) is 22.6 Å². The van der Waals surface area contributed by atoms with E-state index < -0.39 is 31.0 Å². The minimum atomic E-state index is -3.00. The van der Waals surface area contributed by atoms with Gasteiger partial charge in [-0.05, 0) is 71.9 Å². The third kappa shape index (κ3) is 6.46. The lowest BCUT2D eigenvalue weighted by atomic mass is 9.80. The molecule has 7 nitrogen and oxygen atoms in total. The molecule has 1 heterocycles. The summed E-state index contributed by atoms with van der Waals surface area (Å²) in [6.07, 6.45) is 3.48. The normalized spacial score (nSPS) is 15.4. The highest BCUT2D eigenvalue weighted by molar-refractivity contribution is 6.08. The zero-order valence-electron chi connectivity index (χ0n) is 22.1. The van der Waals surface area contributed by atoms with Gasteiger partial charge in [0.15, 0.2) is 6.61 Å². The number of nitrogens with one attached hydrogen (secondary N) is 1. The maximum atomic E-state index is 13.5. The molecule has 9 heteroatoms. The van der Waals surface area contributed by atoms with Crippen molar-refractivity contribution in [3.63, 3.8) is 0 Å². The Kier molecular flexibility index (Phi) is 8.14. The Balaban J connectivity index is 1.37. The predicted molar refractivity (Wildman–Crippen MR) is 149 cm³/mol. The lowest BCUT2D eigenvalue weighted by Crippen LogP contribution is -2.34. The minimum Gasteiger partial charge on any atom is -0.452 e. The van der Waals surface area contributed by atoms with Crippen molar-refractivity contribution in [1.82, 2.24) is 10.3 Å². The number of carbonyl (C=O) groups is 3. The fourth-order valence-corrected chi connectivity index (χ4v) is 4.95. The van der Waals surface area contributed by atoms with Crippen LogP contribution >= 0.6 is 0 Å². The number of para-hydroxylation sites is 1. The van der Waals surface area contributed by atoms with Crippen LogP contribution < -0.4 is 10.1 Å². The van der Waals surface area contributed by atoms with E-state index >= 15 is 0 Å². The zero-order chi connectivity index (χ0) is 28.9. The number of hydrogen-bond donors (Lipinski definition) is 1. The number of esters is 1. The maximum absolute atomic E-state index is 13.5. The quantitative estimate of drug-likeness (QED) is 0.278. The summed E-state index contributed by atoms with van der Waals surface area (Å²) in [6, 6.07) is 22.0. The summed E-state index contributed by atoms with van der Waals surface area (Å²) in [4.78, 5) is 43.3. The van der Waals surface area contributed by atoms with E-state index in [1.165, 1.54) is 24.3 Å². The van der Waals surface area contributed by atoms with Crippen LogP contribution in [0.2, 0.25) is 0 Å². The van der Waals surface area contributed by atoms with E-state index in [2.05, 4.69) is 23.1 Å². The first kappa shape index (κ1) is 27.6. The molecule has 5 rings (SSSR count). The van der Waals surface area contributed by atoms with Crippen molar-refractivity contribution in [1.29, 1.82) is 0 Å². The molecule has 0 bridgehead atoms. The first-order chi connectivity index (χ1) is 19.8. The lowest BCUT2D eigenvalue weighted by molar-refractivity contribution is -0.123. The van der Waals surface area contributed by atoms with E-state index in [0.717, 1.165) is 28.8 Å². The molecule has 0 aliphatic heterocycles. The number of amides is 2. The molecular weight excluding hydrogens is 530 g/mol. The van der Waals surface area contributed by atoms with Gasteiger partial charge in [-0.15, -0.1) is 0 Å². The number of allylic oxidation sites excluding steroid dienone is 1. The molecule has 0 saturated heterocycles. The number of halogens is 2. The number of alkyl halides is 2. The number of carbonyl (C=O) groups excluding carboxylic acids is 3. The molecule has 2 amide bonds. The monoisotopic (exact) mass is 556 g/mol. The number of hydrogen-bond acceptors (Lipinski definition) is 6. The van der Waals surface area contributed by atoms with Gasteiger partial charge in [-0.3, -0.25) is 14.9 Å². The third-order valence-electron chi connectivity index (χ3n) is 6.69. The van der Waals surface area contributed by atoms with Gasteiger partial charge in [0, 0.05) is 10.9 Å². The zero-order valence-corrected chi connectivity index (χ0v) is 22.1. The summed E-state index contributed by atoms with van der Waals surface area (Å²) < 4.78 is 34.3. The largest absolute Gasteiger partial charge is 0.452 e. The second kappa shape index (κ2) is 12.1. The Morgan fingerprint density at radius 3 is 2.41 bits per heavy atom. The number of rotatable bonds is 7. The van der Waals surface area contributed by atoms with Gasteiger partial charge in [0.1, 0.15) is 5.75 Å². The number of pyridine rings is 1. The van der Waals surface area contributed by atoms with Crippen LogP contribution in [0.1, 0.15) is 50.9 Å². The highest BCUT2D eigenvalue weighted by Gasteiger charge is 2.29. The van der Waals surface area contributed by atoms with Gasteiger partial charge >= 0.3 is 12.6 Å². The molecule has 1 aromatic heterocycles. The summed E-state index contributed by atoms with van der Waals surface area (Å²) >= 11 is 0. The molecule has 0 radical (unpaired) electrons. The molecule has 208 valence electrons. The van der Waals surface area contributed by atoms with Crippen LogP contribution in [0, 0.1) is 5.92 Å². The van der Waals surface area contributed by atoms with Crippen LogP contribution in [-0.4, -0.2) is 36.0 Å². The van der Waals surface area contributed by atoms with Gasteiger partial charge in [-0.1, -0.05) is 55.5 Å². The Bertz CT molecular complexity index is 1640. The van der Waals surface area contributed by atoms with Gasteiger partial charge in [0.2, 0.25) is 0 Å². The van der Waals surface area contributed by atoms with Crippen molar-refractivity contribution in [3.8, 4) is 5.75 Å². The first-order valence-corrected chi connectivity index (χ1v) is 13.0. The predicted octanol–water partition coefficient (Wildman–Crippen LogP) is 6.07. The van der Waals surface area contributed by atoms with E-state index in [1.54, 1.807) is 6.07 Å². The summed E-state index contributed by atoms with van der Waals surface area (Å²) in [6.45, 7) is -1.58. The number of aromatic nitrogens is 1. The minimum absolute atomic E-state index is 0.0483. The highest BCUT2D eigenvalue weighted by Crippen LogP contribution is 2.38. The van der Waals surface area contributed by atoms with Gasteiger partial charge in [0.05, 0.1) is 16.8 Å². The van der Waals surface area contributed by atoms with Crippen molar-refractivity contribution in [3.05, 3.63) is 107 Å². The van der Waals surface area contributed by atoms with Crippen molar-refractivity contribution in [2.75, 3.05) is 6.61 Å². The van der Waals surface area contributed by atoms with E-state index in [9.17, 15) is 23.2 Å². The molecule has 1 aliphatic carbocycles. The molecule has 0 fully saturated rings. The fraction of sp³-hybridized carbons (Fsp3) is 0.188. The topological polar surface area (TPSA) is 94.6 Å². The summed E-state index contributed by atoms with van der Waals surface area (Å²) in [5.74, 6) is -2.18. The van der Waals surface area contributed by atoms with E-state index in [4.69, 9.17) is 9.72 Å². The average molecular weight is 557 g/mol. The molecule has 1 atom stereocenters. The van der Waals surface area contributed by atoms with Crippen LogP contribution in [-0.2, 0) is 16.0 Å². The van der Waals surface area contributed by atoms with E-state index in [0.29, 0.717) is 22.9 Å². The van der Waals surface area contributed by atoms with Crippen molar-refractivity contribution in [2.24, 2.45) is 5.92 Å². The number of nitrogens with zero attached hydrogens (tertiary/aromatic N) is 1. The standard InChI is InChI=1S/C32H26F2N2O5/c1-19-15-22(17-20-7-3-2-4-8-20)29-25(16-19)28(24-9-5-6-10-26(24)35-29)31(39)40-18-27(37)36-30(38)21-11-13-23(14-12-21)41-32(33)34/h2-14,17,19,32H,15-16,18H2,1H3,(H,36,37,38)/b22-17+/t19-/m0/s1. The average Bonchev–Trinajstić information content (AvgIpc) is 2.95. The summed E-state index contributed by atoms with van der Waals surface area (Å²) in [5.41, 5.74) is 4.56. The first-order valence-electron chi connectivity index (χ1n) is 13.0. The summed E-state index contributed by atoms with van der Waals surface area (Å²) in [5, 5.41) is 2.76. The molecule has 0 unspecified atom stereocenters. The SMILES string of the molecule is C[C@H]1C/C(=C\c2ccccc2)c2nc3ccccc3c(C(=O)OCC(=O)NC(=O)c3ccc(OC(F)F)cc3)c2C1. The second-order valence-corrected chi connectivity index (χ2v) is 9.78. The van der Waals surface area contributed by atoms with Gasteiger partial charge in [-0.2, -0.15) is 8.78 Å². The Labute approximate surface area is 234 Å².